The van der Waals surface area contributed by atoms with E-state index in [0.29, 0.717) is 5.56 Å². The lowest BCUT2D eigenvalue weighted by Crippen LogP contribution is -2.42. The quantitative estimate of drug-likeness (QED) is 0.864. The Kier molecular flexibility index (Phi) is 4.43. The van der Waals surface area contributed by atoms with E-state index >= 15 is 0 Å². The number of benzene rings is 2. The summed E-state index contributed by atoms with van der Waals surface area (Å²) in [6, 6.07) is 10.5. The molecule has 1 heterocycles. The van der Waals surface area contributed by atoms with Gasteiger partial charge in [0.05, 0.1) is 17.6 Å². The summed E-state index contributed by atoms with van der Waals surface area (Å²) in [5.41, 5.74) is 0.713. The van der Waals surface area contributed by atoms with E-state index in [2.05, 4.69) is 0 Å². The molecule has 7 heteroatoms. The molecule has 0 aromatic heterocycles. The van der Waals surface area contributed by atoms with Crippen LogP contribution >= 0.6 is 0 Å². The number of nitrogens with zero attached hydrogens (tertiary/aromatic N) is 1. The summed E-state index contributed by atoms with van der Waals surface area (Å²) in [5.74, 6) is -0.851. The van der Waals surface area contributed by atoms with Gasteiger partial charge < -0.3 is 4.74 Å². The van der Waals surface area contributed by atoms with E-state index in [1.165, 1.54) is 28.6 Å². The molecule has 0 radical (unpaired) electrons. The minimum atomic E-state index is -3.72. The fourth-order valence-electron chi connectivity index (χ4n) is 2.48. The molecule has 1 fully saturated rings. The van der Waals surface area contributed by atoms with Crippen molar-refractivity contribution < 1.29 is 21.9 Å². The molecule has 0 spiro atoms. The van der Waals surface area contributed by atoms with Crippen LogP contribution in [0.1, 0.15) is 11.7 Å². The zero-order valence-electron chi connectivity index (χ0n) is 12.2. The number of ether oxygens (including phenoxy) is 1. The SMILES string of the molecule is O=S(=O)(c1ccc(F)cc1)N1CCOC(c2ccc(F)cc2)C1. The van der Waals surface area contributed by atoms with Gasteiger partial charge in [-0.1, -0.05) is 12.1 Å². The zero-order chi connectivity index (χ0) is 16.4. The second-order valence-electron chi connectivity index (χ2n) is 5.23. The number of hydrogen-bond donors (Lipinski definition) is 0. The Morgan fingerprint density at radius 1 is 0.957 bits per heavy atom. The fourth-order valence-corrected chi connectivity index (χ4v) is 3.90. The summed E-state index contributed by atoms with van der Waals surface area (Å²) in [6.45, 7) is 0.589. The second kappa shape index (κ2) is 6.35. The Morgan fingerprint density at radius 2 is 1.52 bits per heavy atom. The maximum Gasteiger partial charge on any atom is 0.243 e. The molecule has 1 atom stereocenters. The number of rotatable bonds is 3. The van der Waals surface area contributed by atoms with Crippen LogP contribution in [0.5, 0.6) is 0 Å². The van der Waals surface area contributed by atoms with E-state index < -0.39 is 21.9 Å². The van der Waals surface area contributed by atoms with Crippen LogP contribution in [-0.2, 0) is 14.8 Å². The van der Waals surface area contributed by atoms with Gasteiger partial charge in [-0.05, 0) is 42.0 Å². The maximum absolute atomic E-state index is 13.0. The summed E-state index contributed by atoms with van der Waals surface area (Å²) in [6.07, 6.45) is -0.459. The third-order valence-electron chi connectivity index (χ3n) is 3.72. The highest BCUT2D eigenvalue weighted by Gasteiger charge is 2.31. The highest BCUT2D eigenvalue weighted by atomic mass is 32.2. The van der Waals surface area contributed by atoms with Crippen LogP contribution < -0.4 is 0 Å². The van der Waals surface area contributed by atoms with Crippen LogP contribution in [0.3, 0.4) is 0 Å². The second-order valence-corrected chi connectivity index (χ2v) is 7.17. The van der Waals surface area contributed by atoms with Crippen LogP contribution in [0.2, 0.25) is 0 Å². The van der Waals surface area contributed by atoms with Crippen molar-refractivity contribution in [1.29, 1.82) is 0 Å². The molecule has 1 aliphatic heterocycles. The number of hydrogen-bond acceptors (Lipinski definition) is 3. The minimum absolute atomic E-state index is 0.0404. The summed E-state index contributed by atoms with van der Waals surface area (Å²) in [5, 5.41) is 0. The van der Waals surface area contributed by atoms with Crippen molar-refractivity contribution in [3.8, 4) is 0 Å². The van der Waals surface area contributed by atoms with Gasteiger partial charge in [0, 0.05) is 13.1 Å². The lowest BCUT2D eigenvalue weighted by atomic mass is 10.1. The van der Waals surface area contributed by atoms with Gasteiger partial charge in [-0.3, -0.25) is 0 Å². The maximum atomic E-state index is 13.0. The summed E-state index contributed by atoms with van der Waals surface area (Å²) in [7, 11) is -3.72. The van der Waals surface area contributed by atoms with Crippen molar-refractivity contribution >= 4 is 10.0 Å². The lowest BCUT2D eigenvalue weighted by molar-refractivity contribution is -0.00258. The van der Waals surface area contributed by atoms with Gasteiger partial charge in [-0.25, -0.2) is 17.2 Å². The smallest absolute Gasteiger partial charge is 0.243 e. The number of halogens is 2. The Morgan fingerprint density at radius 3 is 2.13 bits per heavy atom. The van der Waals surface area contributed by atoms with Crippen molar-refractivity contribution in [1.82, 2.24) is 4.31 Å². The highest BCUT2D eigenvalue weighted by Crippen LogP contribution is 2.26. The van der Waals surface area contributed by atoms with E-state index in [4.69, 9.17) is 4.74 Å². The van der Waals surface area contributed by atoms with Crippen molar-refractivity contribution in [2.24, 2.45) is 0 Å². The van der Waals surface area contributed by atoms with Crippen LogP contribution in [0.4, 0.5) is 8.78 Å². The highest BCUT2D eigenvalue weighted by molar-refractivity contribution is 7.89. The standard InChI is InChI=1S/C16H15F2NO3S/c17-13-3-1-12(2-4-13)16-11-19(9-10-22-16)23(20,21)15-7-5-14(18)6-8-15/h1-8,16H,9-11H2. The van der Waals surface area contributed by atoms with E-state index in [1.807, 2.05) is 0 Å². The Labute approximate surface area is 133 Å². The molecule has 3 rings (SSSR count). The molecule has 1 saturated heterocycles. The molecule has 2 aromatic rings. The topological polar surface area (TPSA) is 46.6 Å². The first-order chi connectivity index (χ1) is 11.0. The van der Waals surface area contributed by atoms with Gasteiger partial charge in [0.15, 0.2) is 0 Å². The lowest BCUT2D eigenvalue weighted by Gasteiger charge is -2.32. The molecule has 1 aliphatic rings. The molecule has 0 N–H and O–H groups in total. The fraction of sp³-hybridized carbons (Fsp3) is 0.250. The minimum Gasteiger partial charge on any atom is -0.371 e. The normalized spacial score (nSPS) is 19.7. The third kappa shape index (κ3) is 3.41. The van der Waals surface area contributed by atoms with Crippen LogP contribution in [0.25, 0.3) is 0 Å². The third-order valence-corrected chi connectivity index (χ3v) is 5.60. The van der Waals surface area contributed by atoms with E-state index in [1.54, 1.807) is 12.1 Å². The van der Waals surface area contributed by atoms with E-state index in [9.17, 15) is 17.2 Å². The molecule has 0 aliphatic carbocycles. The van der Waals surface area contributed by atoms with E-state index in [-0.39, 0.29) is 30.4 Å². The Hall–Kier alpha value is -1.83. The van der Waals surface area contributed by atoms with Crippen LogP contribution in [0.15, 0.2) is 53.4 Å². The summed E-state index contributed by atoms with van der Waals surface area (Å²) >= 11 is 0. The largest absolute Gasteiger partial charge is 0.371 e. The first-order valence-electron chi connectivity index (χ1n) is 7.09. The molecule has 0 amide bonds. The summed E-state index contributed by atoms with van der Waals surface area (Å²) < 4.78 is 58.1. The zero-order valence-corrected chi connectivity index (χ0v) is 13.0. The van der Waals surface area contributed by atoms with Crippen molar-refractivity contribution in [2.45, 2.75) is 11.0 Å². The van der Waals surface area contributed by atoms with E-state index in [0.717, 1.165) is 12.1 Å². The molecule has 2 aromatic carbocycles. The Balaban J connectivity index is 1.82. The van der Waals surface area contributed by atoms with Crippen molar-refractivity contribution in [3.63, 3.8) is 0 Å². The summed E-state index contributed by atoms with van der Waals surface area (Å²) in [4.78, 5) is 0.0404. The monoisotopic (exact) mass is 339 g/mol. The molecule has 122 valence electrons. The van der Waals surface area contributed by atoms with Gasteiger partial charge in [-0.15, -0.1) is 0 Å². The first kappa shape index (κ1) is 16.0. The Bertz CT molecular complexity index is 776. The van der Waals surface area contributed by atoms with Crippen molar-refractivity contribution in [3.05, 3.63) is 65.7 Å². The number of morpholine rings is 1. The predicted octanol–water partition coefficient (Wildman–Crippen LogP) is 2.73. The van der Waals surface area contributed by atoms with Gasteiger partial charge in [-0.2, -0.15) is 4.31 Å². The predicted molar refractivity (Wildman–Crippen MR) is 80.3 cm³/mol. The molecule has 0 saturated carbocycles. The van der Waals surface area contributed by atoms with Gasteiger partial charge in [0.25, 0.3) is 0 Å². The molecular formula is C16H15F2NO3S. The average molecular weight is 339 g/mol. The van der Waals surface area contributed by atoms with Gasteiger partial charge in [0.1, 0.15) is 11.6 Å². The van der Waals surface area contributed by atoms with Gasteiger partial charge >= 0.3 is 0 Å². The van der Waals surface area contributed by atoms with Crippen LogP contribution in [-0.4, -0.2) is 32.4 Å². The van der Waals surface area contributed by atoms with Gasteiger partial charge in [0.2, 0.25) is 10.0 Å². The molecule has 4 nitrogen and oxygen atoms in total. The first-order valence-corrected chi connectivity index (χ1v) is 8.53. The molecule has 23 heavy (non-hydrogen) atoms. The molecular weight excluding hydrogens is 324 g/mol. The number of sulfonamides is 1. The molecule has 0 bridgehead atoms. The molecule has 1 unspecified atom stereocenters. The van der Waals surface area contributed by atoms with Crippen LogP contribution in [0, 0.1) is 11.6 Å². The van der Waals surface area contributed by atoms with Crippen molar-refractivity contribution in [2.75, 3.05) is 19.7 Å². The average Bonchev–Trinajstić information content (AvgIpc) is 2.56.